The lowest BCUT2D eigenvalue weighted by atomic mass is 10.0. The predicted octanol–water partition coefficient (Wildman–Crippen LogP) is 5.44. The standard InChI is InChI=1S/C23H21ClN4OS/c1-15-20(17-5-3-2-4-6-17)21-22(27-14-28-23(21)30-15)25-12-11-19(29)26-13-16-7-9-18(24)10-8-16/h2-10,14H,11-13H2,1H3,(H,26,29)(H,25,27,28). The van der Waals surface area contributed by atoms with Gasteiger partial charge in [-0.25, -0.2) is 9.97 Å². The summed E-state index contributed by atoms with van der Waals surface area (Å²) < 4.78 is 0. The second-order valence-electron chi connectivity index (χ2n) is 6.88. The van der Waals surface area contributed by atoms with Crippen LogP contribution in [0, 0.1) is 6.92 Å². The molecule has 0 aliphatic heterocycles. The van der Waals surface area contributed by atoms with Crippen LogP contribution in [0.4, 0.5) is 5.82 Å². The number of halogens is 1. The van der Waals surface area contributed by atoms with Crippen LogP contribution in [0.25, 0.3) is 21.3 Å². The first-order chi connectivity index (χ1) is 14.6. The molecule has 2 N–H and O–H groups in total. The van der Waals surface area contributed by atoms with E-state index in [1.54, 1.807) is 17.7 Å². The minimum absolute atomic E-state index is 0.0208. The number of nitrogens with one attached hydrogen (secondary N) is 2. The first-order valence-electron chi connectivity index (χ1n) is 9.66. The van der Waals surface area contributed by atoms with E-state index in [-0.39, 0.29) is 5.91 Å². The SMILES string of the molecule is Cc1sc2ncnc(NCCC(=O)NCc3ccc(Cl)cc3)c2c1-c1ccccc1. The molecule has 7 heteroatoms. The van der Waals surface area contributed by atoms with E-state index < -0.39 is 0 Å². The van der Waals surface area contributed by atoms with Crippen LogP contribution in [0.5, 0.6) is 0 Å². The van der Waals surface area contributed by atoms with Gasteiger partial charge in [0.25, 0.3) is 0 Å². The van der Waals surface area contributed by atoms with Crippen molar-refractivity contribution in [2.24, 2.45) is 0 Å². The summed E-state index contributed by atoms with van der Waals surface area (Å²) in [6.45, 7) is 3.07. The monoisotopic (exact) mass is 436 g/mol. The van der Waals surface area contributed by atoms with E-state index in [0.29, 0.717) is 24.5 Å². The van der Waals surface area contributed by atoms with E-state index in [4.69, 9.17) is 11.6 Å². The molecule has 0 aliphatic carbocycles. The Morgan fingerprint density at radius 2 is 1.83 bits per heavy atom. The highest BCUT2D eigenvalue weighted by molar-refractivity contribution is 7.19. The van der Waals surface area contributed by atoms with Crippen LogP contribution in [-0.2, 0) is 11.3 Å². The summed E-state index contributed by atoms with van der Waals surface area (Å²) in [5.74, 6) is 0.737. The molecule has 1 amide bonds. The fraction of sp³-hybridized carbons (Fsp3) is 0.174. The van der Waals surface area contributed by atoms with Crippen molar-refractivity contribution in [2.45, 2.75) is 19.9 Å². The average molecular weight is 437 g/mol. The summed E-state index contributed by atoms with van der Waals surface area (Å²) in [4.78, 5) is 23.2. The summed E-state index contributed by atoms with van der Waals surface area (Å²) in [5, 5.41) is 7.95. The molecule has 0 saturated carbocycles. The first kappa shape index (κ1) is 20.3. The Kier molecular flexibility index (Phi) is 6.26. The van der Waals surface area contributed by atoms with E-state index >= 15 is 0 Å². The average Bonchev–Trinajstić information content (AvgIpc) is 3.10. The number of aryl methyl sites for hydroxylation is 1. The van der Waals surface area contributed by atoms with Gasteiger partial charge in [0.15, 0.2) is 0 Å². The summed E-state index contributed by atoms with van der Waals surface area (Å²) in [7, 11) is 0. The van der Waals surface area contributed by atoms with Crippen molar-refractivity contribution in [1.29, 1.82) is 0 Å². The Hall–Kier alpha value is -2.96. The summed E-state index contributed by atoms with van der Waals surface area (Å²) >= 11 is 7.54. The topological polar surface area (TPSA) is 66.9 Å². The largest absolute Gasteiger partial charge is 0.369 e. The van der Waals surface area contributed by atoms with Crippen molar-refractivity contribution >= 4 is 44.9 Å². The number of aromatic nitrogens is 2. The quantitative estimate of drug-likeness (QED) is 0.405. The molecule has 0 saturated heterocycles. The third-order valence-corrected chi connectivity index (χ3v) is 6.04. The Morgan fingerprint density at radius 1 is 1.07 bits per heavy atom. The van der Waals surface area contributed by atoms with Crippen LogP contribution in [0.1, 0.15) is 16.9 Å². The van der Waals surface area contributed by atoms with Crippen molar-refractivity contribution in [2.75, 3.05) is 11.9 Å². The lowest BCUT2D eigenvalue weighted by Gasteiger charge is -2.09. The van der Waals surface area contributed by atoms with E-state index in [2.05, 4.69) is 39.7 Å². The molecule has 4 aromatic rings. The highest BCUT2D eigenvalue weighted by Crippen LogP contribution is 2.40. The second-order valence-corrected chi connectivity index (χ2v) is 8.52. The zero-order valence-electron chi connectivity index (χ0n) is 16.5. The molecule has 0 spiro atoms. The van der Waals surface area contributed by atoms with Gasteiger partial charge in [0, 0.05) is 35.0 Å². The summed E-state index contributed by atoms with van der Waals surface area (Å²) in [6.07, 6.45) is 1.92. The smallest absolute Gasteiger partial charge is 0.222 e. The van der Waals surface area contributed by atoms with E-state index in [9.17, 15) is 4.79 Å². The van der Waals surface area contributed by atoms with Gasteiger partial charge >= 0.3 is 0 Å². The molecule has 0 bridgehead atoms. The van der Waals surface area contributed by atoms with Gasteiger partial charge in [0.1, 0.15) is 17.0 Å². The molecule has 0 atom stereocenters. The maximum Gasteiger partial charge on any atom is 0.222 e. The number of rotatable bonds is 7. The Morgan fingerprint density at radius 3 is 2.60 bits per heavy atom. The maximum atomic E-state index is 12.2. The number of fused-ring (bicyclic) bond motifs is 1. The molecule has 4 rings (SSSR count). The number of hydrogen-bond acceptors (Lipinski definition) is 5. The number of carbonyl (C=O) groups is 1. The Balaban J connectivity index is 1.43. The summed E-state index contributed by atoms with van der Waals surface area (Å²) in [6, 6.07) is 17.7. The van der Waals surface area contributed by atoms with Gasteiger partial charge in [-0.2, -0.15) is 0 Å². The van der Waals surface area contributed by atoms with Gasteiger partial charge in [0.2, 0.25) is 5.91 Å². The molecule has 0 radical (unpaired) electrons. The third-order valence-electron chi connectivity index (χ3n) is 4.77. The highest BCUT2D eigenvalue weighted by Gasteiger charge is 2.16. The van der Waals surface area contributed by atoms with Crippen LogP contribution in [0.15, 0.2) is 60.9 Å². The van der Waals surface area contributed by atoms with Gasteiger partial charge in [-0.15, -0.1) is 11.3 Å². The number of amides is 1. The van der Waals surface area contributed by atoms with Crippen molar-refractivity contribution in [3.63, 3.8) is 0 Å². The van der Waals surface area contributed by atoms with Crippen LogP contribution in [-0.4, -0.2) is 22.4 Å². The van der Waals surface area contributed by atoms with E-state index in [0.717, 1.165) is 32.7 Å². The molecular weight excluding hydrogens is 416 g/mol. The molecule has 0 fully saturated rings. The minimum atomic E-state index is -0.0208. The zero-order valence-corrected chi connectivity index (χ0v) is 18.1. The van der Waals surface area contributed by atoms with Gasteiger partial charge in [-0.3, -0.25) is 4.79 Å². The van der Waals surface area contributed by atoms with Crippen molar-refractivity contribution in [3.05, 3.63) is 76.4 Å². The van der Waals surface area contributed by atoms with Crippen molar-refractivity contribution in [1.82, 2.24) is 15.3 Å². The van der Waals surface area contributed by atoms with E-state index in [1.807, 2.05) is 42.5 Å². The number of thiophene rings is 1. The van der Waals surface area contributed by atoms with E-state index in [1.165, 1.54) is 4.88 Å². The molecule has 0 aliphatic rings. The molecule has 30 heavy (non-hydrogen) atoms. The number of benzene rings is 2. The highest BCUT2D eigenvalue weighted by atomic mass is 35.5. The van der Waals surface area contributed by atoms with Crippen LogP contribution >= 0.6 is 22.9 Å². The lowest BCUT2D eigenvalue weighted by Crippen LogP contribution is -2.25. The first-order valence-corrected chi connectivity index (χ1v) is 10.9. The molecule has 5 nitrogen and oxygen atoms in total. The normalized spacial score (nSPS) is 10.9. The van der Waals surface area contributed by atoms with Crippen molar-refractivity contribution in [3.8, 4) is 11.1 Å². The molecule has 2 heterocycles. The molecule has 2 aromatic heterocycles. The Labute approximate surface area is 184 Å². The molecular formula is C23H21ClN4OS. The fourth-order valence-electron chi connectivity index (χ4n) is 3.32. The van der Waals surface area contributed by atoms with Crippen LogP contribution < -0.4 is 10.6 Å². The lowest BCUT2D eigenvalue weighted by molar-refractivity contribution is -0.121. The number of anilines is 1. The number of nitrogens with zero attached hydrogens (tertiary/aromatic N) is 2. The zero-order chi connectivity index (χ0) is 20.9. The fourth-order valence-corrected chi connectivity index (χ4v) is 4.46. The number of hydrogen-bond donors (Lipinski definition) is 2. The van der Waals surface area contributed by atoms with Gasteiger partial charge in [-0.05, 0) is 30.2 Å². The molecule has 152 valence electrons. The van der Waals surface area contributed by atoms with Gasteiger partial charge < -0.3 is 10.6 Å². The minimum Gasteiger partial charge on any atom is -0.369 e. The van der Waals surface area contributed by atoms with Crippen LogP contribution in [0.3, 0.4) is 0 Å². The summed E-state index contributed by atoms with van der Waals surface area (Å²) in [5.41, 5.74) is 3.30. The second kappa shape index (κ2) is 9.24. The van der Waals surface area contributed by atoms with Crippen LogP contribution in [0.2, 0.25) is 5.02 Å². The molecule has 0 unspecified atom stereocenters. The van der Waals surface area contributed by atoms with Crippen molar-refractivity contribution < 1.29 is 4.79 Å². The maximum absolute atomic E-state index is 12.2. The van der Waals surface area contributed by atoms with Gasteiger partial charge in [-0.1, -0.05) is 54.1 Å². The molecule has 2 aromatic carbocycles. The van der Waals surface area contributed by atoms with Gasteiger partial charge in [0.05, 0.1) is 5.39 Å². The Bertz CT molecular complexity index is 1160. The third kappa shape index (κ3) is 4.61. The predicted molar refractivity (Wildman–Crippen MR) is 124 cm³/mol. The number of carbonyl (C=O) groups excluding carboxylic acids is 1.